The molecule has 84 heavy (non-hydrogen) atoms. The molecule has 3 saturated heterocycles. The summed E-state index contributed by atoms with van der Waals surface area (Å²) in [5.41, 5.74) is 2.39. The second-order valence-corrected chi connectivity index (χ2v) is 25.7. The van der Waals surface area contributed by atoms with E-state index >= 15 is 0 Å². The number of nitrogens with zero attached hydrogens (tertiary/aromatic N) is 5. The van der Waals surface area contributed by atoms with Gasteiger partial charge in [-0.3, -0.25) is 9.69 Å². The van der Waals surface area contributed by atoms with Crippen LogP contribution in [-0.2, 0) is 14.3 Å². The normalized spacial score (nSPS) is 15.3. The van der Waals surface area contributed by atoms with Crippen LogP contribution in [0.4, 0.5) is 0 Å². The summed E-state index contributed by atoms with van der Waals surface area (Å²) in [5, 5.41) is 20.3. The Hall–Kier alpha value is -1.23. The van der Waals surface area contributed by atoms with Crippen LogP contribution in [0.25, 0.3) is 0 Å². The molecule has 4 aliphatic rings. The fourth-order valence-electron chi connectivity index (χ4n) is 8.38. The molecule has 5 N–H and O–H groups in total. The SMILES string of the molecule is C=C(C)CCCC.CCCC(C)C.CCCCC(C)(C)C.CCN(CC)CC.CCN1CCC(C(C)(C)C)CC1.CCN1CCCCC1.CCN1CCOCC1.CCNC1CC1.CCNCC(=O)O.CCNCCN(C)C.CCNCCOC. The average molecular weight is 1210 g/mol. The van der Waals surface area contributed by atoms with Crippen molar-refractivity contribution in [3.8, 4) is 0 Å². The van der Waals surface area contributed by atoms with E-state index in [0.29, 0.717) is 17.4 Å². The number of hydrogen-bond donors (Lipinski definition) is 5. The number of allylic oxidation sites excluding steroid dienone is 1. The highest BCUT2D eigenvalue weighted by Crippen LogP contribution is 2.34. The van der Waals surface area contributed by atoms with Gasteiger partial charge in [-0.15, -0.1) is 6.58 Å². The number of carbonyl (C=O) groups is 1. The minimum Gasteiger partial charge on any atom is -0.480 e. The van der Waals surface area contributed by atoms with Crippen LogP contribution >= 0.6 is 0 Å². The summed E-state index contributed by atoms with van der Waals surface area (Å²) in [5.74, 6) is 1.04. The van der Waals surface area contributed by atoms with Crippen LogP contribution < -0.4 is 21.3 Å². The number of likely N-dealkylation sites (N-methyl/N-ethyl adjacent to an activating group) is 5. The lowest BCUT2D eigenvalue weighted by Gasteiger charge is -2.38. The summed E-state index contributed by atoms with van der Waals surface area (Å²) in [4.78, 5) is 21.7. The summed E-state index contributed by atoms with van der Waals surface area (Å²) >= 11 is 0. The smallest absolute Gasteiger partial charge is 0.317 e. The number of nitrogens with one attached hydrogen (secondary N) is 4. The van der Waals surface area contributed by atoms with Crippen molar-refractivity contribution in [3.63, 3.8) is 0 Å². The highest BCUT2D eigenvalue weighted by molar-refractivity contribution is 5.68. The van der Waals surface area contributed by atoms with E-state index in [4.69, 9.17) is 14.6 Å². The van der Waals surface area contributed by atoms with Crippen molar-refractivity contribution >= 4 is 5.97 Å². The summed E-state index contributed by atoms with van der Waals surface area (Å²) in [6, 6.07) is 0.898. The van der Waals surface area contributed by atoms with Crippen molar-refractivity contribution < 1.29 is 19.4 Å². The van der Waals surface area contributed by atoms with Gasteiger partial charge >= 0.3 is 5.97 Å². The first-order valence-electron chi connectivity index (χ1n) is 35.1. The van der Waals surface area contributed by atoms with Gasteiger partial charge in [-0.25, -0.2) is 0 Å². The molecule has 0 bridgehead atoms. The predicted octanol–water partition coefficient (Wildman–Crippen LogP) is 15.2. The Kier molecular flexibility index (Phi) is 85.2. The van der Waals surface area contributed by atoms with Gasteiger partial charge in [0.1, 0.15) is 0 Å². The molecule has 0 aromatic carbocycles. The first-order chi connectivity index (χ1) is 39.7. The quantitative estimate of drug-likeness (QED) is 0.0418. The number of morpholine rings is 1. The number of unbranched alkanes of at least 4 members (excludes halogenated alkanes) is 2. The Balaban J connectivity index is -0.000000156. The number of hydrogen-bond acceptors (Lipinski definition) is 12. The molecule has 514 valence electrons. The van der Waals surface area contributed by atoms with Gasteiger partial charge in [0, 0.05) is 45.9 Å². The lowest BCUT2D eigenvalue weighted by molar-refractivity contribution is -0.135. The number of aliphatic carboxylic acids is 1. The van der Waals surface area contributed by atoms with Crippen molar-refractivity contribution in [2.24, 2.45) is 22.7 Å². The van der Waals surface area contributed by atoms with E-state index in [0.717, 1.165) is 90.1 Å². The van der Waals surface area contributed by atoms with Crippen LogP contribution in [0.15, 0.2) is 12.2 Å². The summed E-state index contributed by atoms with van der Waals surface area (Å²) in [6.07, 6.45) is 20.5. The third-order valence-electron chi connectivity index (χ3n) is 14.5. The Labute approximate surface area is 530 Å². The van der Waals surface area contributed by atoms with Gasteiger partial charge in [0.05, 0.1) is 26.4 Å². The molecule has 0 aromatic heterocycles. The van der Waals surface area contributed by atoms with Crippen LogP contribution in [0.5, 0.6) is 0 Å². The lowest BCUT2D eigenvalue weighted by Crippen LogP contribution is -2.37. The Morgan fingerprint density at radius 3 is 1.35 bits per heavy atom. The minimum atomic E-state index is -0.804. The van der Waals surface area contributed by atoms with Gasteiger partial charge < -0.3 is 55.4 Å². The Bertz CT molecular complexity index is 1160. The van der Waals surface area contributed by atoms with E-state index < -0.39 is 5.97 Å². The molecular weight excluding hydrogens is 1040 g/mol. The monoisotopic (exact) mass is 1200 g/mol. The molecule has 4 fully saturated rings. The highest BCUT2D eigenvalue weighted by atomic mass is 16.5. The average Bonchev–Trinajstić information content (AvgIpc) is 4.36. The maximum absolute atomic E-state index is 9.70. The second-order valence-electron chi connectivity index (χ2n) is 25.7. The van der Waals surface area contributed by atoms with Gasteiger partial charge in [0.2, 0.25) is 0 Å². The third-order valence-corrected chi connectivity index (χ3v) is 14.5. The highest BCUT2D eigenvalue weighted by Gasteiger charge is 2.28. The molecule has 0 unspecified atom stereocenters. The molecule has 13 heteroatoms. The number of methoxy groups -OCH3 is 1. The van der Waals surface area contributed by atoms with Crippen LogP contribution in [0.3, 0.4) is 0 Å². The van der Waals surface area contributed by atoms with Crippen LogP contribution in [0.1, 0.15) is 249 Å². The molecule has 1 saturated carbocycles. The minimum absolute atomic E-state index is 0.0660. The van der Waals surface area contributed by atoms with Crippen LogP contribution in [0, 0.1) is 22.7 Å². The molecular formula is C71H161N9O4. The maximum Gasteiger partial charge on any atom is 0.317 e. The largest absolute Gasteiger partial charge is 0.480 e. The molecule has 0 spiro atoms. The fourth-order valence-corrected chi connectivity index (χ4v) is 8.38. The fraction of sp³-hybridized carbons (Fsp3) is 0.958. The second kappa shape index (κ2) is 74.2. The van der Waals surface area contributed by atoms with E-state index in [1.54, 1.807) is 7.11 Å². The maximum atomic E-state index is 9.70. The molecule has 1 aliphatic carbocycles. The molecule has 3 aliphatic heterocycles. The number of carboxylic acid groups (broad SMARTS) is 1. The summed E-state index contributed by atoms with van der Waals surface area (Å²) in [7, 11) is 5.87. The van der Waals surface area contributed by atoms with Crippen molar-refractivity contribution in [1.82, 2.24) is 45.8 Å². The number of piperidine rings is 2. The van der Waals surface area contributed by atoms with Crippen LogP contribution in [-0.4, -0.2) is 214 Å². The van der Waals surface area contributed by atoms with Crippen molar-refractivity contribution in [2.45, 2.75) is 255 Å². The number of rotatable bonds is 26. The lowest BCUT2D eigenvalue weighted by atomic mass is 9.75. The molecule has 3 heterocycles. The molecule has 0 aromatic rings. The zero-order valence-electron chi connectivity index (χ0n) is 62.2. The zero-order valence-corrected chi connectivity index (χ0v) is 62.2. The van der Waals surface area contributed by atoms with E-state index in [9.17, 15) is 4.79 Å². The standard InChI is InChI=1S/C11H23N.C8H18.C7H15N.C7H14.C6H16N2.C6H13NO.C6H15N.C6H14.C5H13NO.C5H11N.C4H9NO2/c1-5-12-8-6-10(7-9-12)11(2,3)4;1-5-6-7-8(2,3)4;1-2-8-6-4-3-5-7-8;1-4-5-6-7(2)3;1-4-7-5-6-8(2)3;1-2-7-3-5-8-6-4-7;1-4-7(5-2)6-3;1-4-5-6(2)3;1-3-6-4-5-7-2;1-2-6-5-3-4-5;1-2-5-3-4(6)7/h10H,5-9H2,1-4H3;5-7H2,1-4H3;2-7H2,1H3;2,4-6H2,1,3H3;7H,4-6H2,1-3H3;2-6H2,1H3;4-6H2,1-3H3;6H,4-5H2,1-3H3;6H,3-5H2,1-2H3;5-6H,2-4H2,1H3;5H,2-3H2,1H3,(H,6,7). The molecule has 0 radical (unpaired) electrons. The van der Waals surface area contributed by atoms with Gasteiger partial charge in [0.15, 0.2) is 0 Å². The predicted molar refractivity (Wildman–Crippen MR) is 380 cm³/mol. The van der Waals surface area contributed by atoms with Crippen LogP contribution in [0.2, 0.25) is 0 Å². The van der Waals surface area contributed by atoms with E-state index in [1.807, 2.05) is 6.92 Å². The third kappa shape index (κ3) is 94.4. The number of carboxylic acids is 1. The van der Waals surface area contributed by atoms with Gasteiger partial charge in [0.25, 0.3) is 0 Å². The van der Waals surface area contributed by atoms with Crippen molar-refractivity contribution in [3.05, 3.63) is 12.2 Å². The first kappa shape index (κ1) is 96.4. The number of ether oxygens (including phenoxy) is 2. The summed E-state index contributed by atoms with van der Waals surface area (Å²) < 4.78 is 9.94. The molecule has 13 nitrogen and oxygen atoms in total. The van der Waals surface area contributed by atoms with Crippen molar-refractivity contribution in [2.75, 3.05) is 172 Å². The Morgan fingerprint density at radius 2 is 1.11 bits per heavy atom. The molecule has 0 atom stereocenters. The van der Waals surface area contributed by atoms with E-state index in [-0.39, 0.29) is 6.54 Å². The summed E-state index contributed by atoms with van der Waals surface area (Å²) in [6.45, 7) is 77.2. The zero-order chi connectivity index (χ0) is 65.9. The number of likely N-dealkylation sites (tertiary alicyclic amines) is 2. The van der Waals surface area contributed by atoms with E-state index in [2.05, 4.69) is 212 Å². The molecule has 4 rings (SSSR count). The van der Waals surface area contributed by atoms with Gasteiger partial charge in [-0.1, -0.05) is 189 Å². The topological polar surface area (TPSA) is 120 Å². The first-order valence-corrected chi connectivity index (χ1v) is 35.1. The van der Waals surface area contributed by atoms with E-state index in [1.165, 1.54) is 167 Å². The Morgan fingerprint density at radius 1 is 0.643 bits per heavy atom. The van der Waals surface area contributed by atoms with Gasteiger partial charge in [-0.2, -0.15) is 0 Å². The van der Waals surface area contributed by atoms with Crippen molar-refractivity contribution in [1.29, 1.82) is 0 Å². The van der Waals surface area contributed by atoms with Gasteiger partial charge in [-0.05, 0) is 193 Å². The molecule has 0 amide bonds.